The molecular formula is C11H21NO4. The van der Waals surface area contributed by atoms with Crippen molar-refractivity contribution in [3.8, 4) is 0 Å². The highest BCUT2D eigenvalue weighted by Gasteiger charge is 2.42. The number of nitrogens with one attached hydrogen (secondary N) is 1. The average Bonchev–Trinajstić information content (AvgIpc) is 2.07. The fraction of sp³-hybridized carbons (Fsp3) is 0.909. The molecule has 0 aromatic heterocycles. The van der Waals surface area contributed by atoms with Crippen molar-refractivity contribution in [2.75, 3.05) is 13.2 Å². The SMILES string of the molecule is CC(C)(C)OC(=O)NCC1(O)CC(CO)C1. The van der Waals surface area contributed by atoms with Gasteiger partial charge in [-0.2, -0.15) is 0 Å². The number of amides is 1. The largest absolute Gasteiger partial charge is 0.444 e. The summed E-state index contributed by atoms with van der Waals surface area (Å²) in [6.07, 6.45) is 0.534. The molecule has 0 unspecified atom stereocenters. The van der Waals surface area contributed by atoms with Gasteiger partial charge in [-0.1, -0.05) is 0 Å². The maximum absolute atomic E-state index is 11.3. The molecule has 3 N–H and O–H groups in total. The molecule has 5 heteroatoms. The van der Waals surface area contributed by atoms with Crippen LogP contribution in [0, 0.1) is 5.92 Å². The lowest BCUT2D eigenvalue weighted by molar-refractivity contribution is -0.0850. The molecule has 0 bridgehead atoms. The number of aliphatic hydroxyl groups excluding tert-OH is 1. The van der Waals surface area contributed by atoms with Crippen molar-refractivity contribution in [2.24, 2.45) is 5.92 Å². The molecule has 1 amide bonds. The number of ether oxygens (including phenoxy) is 1. The number of alkyl carbamates (subject to hydrolysis) is 1. The fourth-order valence-electron chi connectivity index (χ4n) is 1.84. The van der Waals surface area contributed by atoms with Crippen LogP contribution in [-0.4, -0.2) is 40.7 Å². The van der Waals surface area contributed by atoms with Crippen molar-refractivity contribution in [1.29, 1.82) is 0 Å². The summed E-state index contributed by atoms with van der Waals surface area (Å²) in [6, 6.07) is 0. The van der Waals surface area contributed by atoms with Crippen LogP contribution < -0.4 is 5.32 Å². The number of hydrogen-bond donors (Lipinski definition) is 3. The lowest BCUT2D eigenvalue weighted by Crippen LogP contribution is -2.53. The Morgan fingerprint density at radius 3 is 2.50 bits per heavy atom. The fourth-order valence-corrected chi connectivity index (χ4v) is 1.84. The molecule has 0 aromatic rings. The maximum atomic E-state index is 11.3. The van der Waals surface area contributed by atoms with Crippen LogP contribution in [0.4, 0.5) is 4.79 Å². The standard InChI is InChI=1S/C11H21NO4/c1-10(2,3)16-9(14)12-7-11(15)4-8(5-11)6-13/h8,13,15H,4-7H2,1-3H3,(H,12,14). The van der Waals surface area contributed by atoms with Crippen LogP contribution in [0.15, 0.2) is 0 Å². The van der Waals surface area contributed by atoms with Crippen molar-refractivity contribution in [3.05, 3.63) is 0 Å². The van der Waals surface area contributed by atoms with Gasteiger partial charge in [-0.05, 0) is 39.5 Å². The third kappa shape index (κ3) is 3.98. The van der Waals surface area contributed by atoms with Crippen molar-refractivity contribution in [1.82, 2.24) is 5.32 Å². The van der Waals surface area contributed by atoms with Crippen molar-refractivity contribution < 1.29 is 19.7 Å². The van der Waals surface area contributed by atoms with E-state index in [1.54, 1.807) is 20.8 Å². The summed E-state index contributed by atoms with van der Waals surface area (Å²) in [4.78, 5) is 11.3. The van der Waals surface area contributed by atoms with Gasteiger partial charge in [0.15, 0.2) is 0 Å². The molecule has 1 fully saturated rings. The quantitative estimate of drug-likeness (QED) is 0.666. The monoisotopic (exact) mass is 231 g/mol. The molecule has 1 aliphatic rings. The zero-order valence-corrected chi connectivity index (χ0v) is 10.1. The predicted molar refractivity (Wildman–Crippen MR) is 59.0 cm³/mol. The first-order valence-corrected chi connectivity index (χ1v) is 5.54. The molecule has 1 rings (SSSR count). The minimum atomic E-state index is -0.871. The highest BCUT2D eigenvalue weighted by Crippen LogP contribution is 2.36. The lowest BCUT2D eigenvalue weighted by Gasteiger charge is -2.42. The first-order chi connectivity index (χ1) is 7.24. The van der Waals surface area contributed by atoms with E-state index in [9.17, 15) is 9.90 Å². The van der Waals surface area contributed by atoms with Gasteiger partial charge < -0.3 is 20.3 Å². The van der Waals surface area contributed by atoms with Gasteiger partial charge in [-0.15, -0.1) is 0 Å². The van der Waals surface area contributed by atoms with Gasteiger partial charge >= 0.3 is 6.09 Å². The molecule has 0 atom stereocenters. The van der Waals surface area contributed by atoms with Gasteiger partial charge in [0.2, 0.25) is 0 Å². The Bertz CT molecular complexity index is 253. The second kappa shape index (κ2) is 4.59. The van der Waals surface area contributed by atoms with Gasteiger partial charge in [0, 0.05) is 13.2 Å². The Balaban J connectivity index is 2.23. The summed E-state index contributed by atoms with van der Waals surface area (Å²) < 4.78 is 5.04. The molecular weight excluding hydrogens is 210 g/mol. The molecule has 1 aliphatic carbocycles. The first-order valence-electron chi connectivity index (χ1n) is 5.54. The van der Waals surface area contributed by atoms with E-state index in [-0.39, 0.29) is 19.1 Å². The zero-order valence-electron chi connectivity index (χ0n) is 10.1. The Hall–Kier alpha value is -0.810. The highest BCUT2D eigenvalue weighted by molar-refractivity contribution is 5.67. The average molecular weight is 231 g/mol. The highest BCUT2D eigenvalue weighted by atomic mass is 16.6. The molecule has 16 heavy (non-hydrogen) atoms. The summed E-state index contributed by atoms with van der Waals surface area (Å²) in [5.41, 5.74) is -1.40. The Morgan fingerprint density at radius 2 is 2.06 bits per heavy atom. The van der Waals surface area contributed by atoms with Crippen LogP contribution in [0.1, 0.15) is 33.6 Å². The molecule has 0 aliphatic heterocycles. The Kier molecular flexibility index (Phi) is 3.80. The van der Waals surface area contributed by atoms with E-state index >= 15 is 0 Å². The van der Waals surface area contributed by atoms with Crippen LogP contribution in [0.2, 0.25) is 0 Å². The molecule has 1 saturated carbocycles. The lowest BCUT2D eigenvalue weighted by atomic mass is 9.71. The van der Waals surface area contributed by atoms with Crippen LogP contribution >= 0.6 is 0 Å². The minimum Gasteiger partial charge on any atom is -0.444 e. The van der Waals surface area contributed by atoms with Crippen molar-refractivity contribution in [3.63, 3.8) is 0 Å². The smallest absolute Gasteiger partial charge is 0.407 e. The van der Waals surface area contributed by atoms with E-state index in [4.69, 9.17) is 9.84 Å². The second-order valence-corrected chi connectivity index (χ2v) is 5.54. The van der Waals surface area contributed by atoms with E-state index in [2.05, 4.69) is 5.32 Å². The summed E-state index contributed by atoms with van der Waals surface area (Å²) in [6.45, 7) is 5.62. The van der Waals surface area contributed by atoms with E-state index in [0.717, 1.165) is 0 Å². The summed E-state index contributed by atoms with van der Waals surface area (Å²) in [7, 11) is 0. The first kappa shape index (κ1) is 13.3. The molecule has 94 valence electrons. The molecule has 0 aromatic carbocycles. The van der Waals surface area contributed by atoms with Crippen LogP contribution in [-0.2, 0) is 4.74 Å². The summed E-state index contributed by atoms with van der Waals surface area (Å²) in [5.74, 6) is 0.158. The molecule has 5 nitrogen and oxygen atoms in total. The number of rotatable bonds is 3. The van der Waals surface area contributed by atoms with Gasteiger partial charge in [-0.25, -0.2) is 4.79 Å². The van der Waals surface area contributed by atoms with Gasteiger partial charge in [-0.3, -0.25) is 0 Å². The van der Waals surface area contributed by atoms with E-state index in [1.807, 2.05) is 0 Å². The second-order valence-electron chi connectivity index (χ2n) is 5.54. The van der Waals surface area contributed by atoms with Gasteiger partial charge in [0.1, 0.15) is 5.60 Å². The molecule has 0 heterocycles. The Morgan fingerprint density at radius 1 is 1.50 bits per heavy atom. The van der Waals surface area contributed by atoms with Crippen molar-refractivity contribution in [2.45, 2.75) is 44.8 Å². The van der Waals surface area contributed by atoms with Crippen LogP contribution in [0.3, 0.4) is 0 Å². The maximum Gasteiger partial charge on any atom is 0.407 e. The number of aliphatic hydroxyl groups is 2. The summed E-state index contributed by atoms with van der Waals surface area (Å²) in [5, 5.41) is 21.2. The van der Waals surface area contributed by atoms with Crippen molar-refractivity contribution >= 4 is 6.09 Å². The molecule has 0 radical (unpaired) electrons. The van der Waals surface area contributed by atoms with E-state index < -0.39 is 17.3 Å². The number of hydrogen-bond acceptors (Lipinski definition) is 4. The molecule has 0 spiro atoms. The number of carbonyl (C=O) groups excluding carboxylic acids is 1. The van der Waals surface area contributed by atoms with Gasteiger partial charge in [0.05, 0.1) is 5.60 Å². The van der Waals surface area contributed by atoms with E-state index in [0.29, 0.717) is 12.8 Å². The normalized spacial score (nSPS) is 29.4. The minimum absolute atomic E-state index is 0.0920. The Labute approximate surface area is 95.8 Å². The van der Waals surface area contributed by atoms with Crippen LogP contribution in [0.5, 0.6) is 0 Å². The van der Waals surface area contributed by atoms with Crippen LogP contribution in [0.25, 0.3) is 0 Å². The number of carbonyl (C=O) groups is 1. The third-order valence-corrected chi connectivity index (χ3v) is 2.56. The topological polar surface area (TPSA) is 78.8 Å². The zero-order chi connectivity index (χ0) is 12.4. The van der Waals surface area contributed by atoms with Gasteiger partial charge in [0.25, 0.3) is 0 Å². The third-order valence-electron chi connectivity index (χ3n) is 2.56. The summed E-state index contributed by atoms with van der Waals surface area (Å²) >= 11 is 0. The predicted octanol–water partition coefficient (Wildman–Crippen LogP) is 0.645. The molecule has 0 saturated heterocycles. The van der Waals surface area contributed by atoms with E-state index in [1.165, 1.54) is 0 Å².